The van der Waals surface area contributed by atoms with Crippen LogP contribution in [0.1, 0.15) is 17.3 Å². The second-order valence-electron chi connectivity index (χ2n) is 3.27. The molecule has 5 nitrogen and oxygen atoms in total. The van der Waals surface area contributed by atoms with Gasteiger partial charge in [-0.1, -0.05) is 6.07 Å². The molecule has 0 bridgehead atoms. The summed E-state index contributed by atoms with van der Waals surface area (Å²) >= 11 is 0. The largest absolute Gasteiger partial charge is 0.494 e. The number of halogens is 1. The number of nitrogens with zero attached hydrogens (tertiary/aromatic N) is 2. The summed E-state index contributed by atoms with van der Waals surface area (Å²) in [4.78, 5) is 0. The number of nitrogens with two attached hydrogens (primary N) is 1. The van der Waals surface area contributed by atoms with Crippen LogP contribution in [0, 0.1) is 5.82 Å². The van der Waals surface area contributed by atoms with Crippen molar-refractivity contribution in [3.05, 3.63) is 41.5 Å². The van der Waals surface area contributed by atoms with Gasteiger partial charge in [-0.05, 0) is 17.7 Å². The van der Waals surface area contributed by atoms with Crippen LogP contribution in [0.2, 0.25) is 0 Å². The highest BCUT2D eigenvalue weighted by Gasteiger charge is 2.13. The minimum atomic E-state index is -0.501. The molecule has 84 valence electrons. The van der Waals surface area contributed by atoms with Crippen LogP contribution in [0.5, 0.6) is 5.75 Å². The van der Waals surface area contributed by atoms with Crippen molar-refractivity contribution in [1.29, 1.82) is 0 Å². The van der Waals surface area contributed by atoms with Crippen molar-refractivity contribution in [2.75, 3.05) is 7.11 Å². The van der Waals surface area contributed by atoms with Gasteiger partial charge in [0.1, 0.15) is 5.69 Å². The average Bonchev–Trinajstić information content (AvgIpc) is 2.81. The Hall–Kier alpha value is -1.95. The maximum atomic E-state index is 13.4. The molecule has 1 aromatic heterocycles. The van der Waals surface area contributed by atoms with Gasteiger partial charge in [-0.2, -0.15) is 15.4 Å². The molecule has 2 aromatic rings. The maximum Gasteiger partial charge on any atom is 0.165 e. The van der Waals surface area contributed by atoms with Crippen LogP contribution < -0.4 is 10.5 Å². The molecule has 6 heteroatoms. The predicted octanol–water partition coefficient (Wildman–Crippen LogP) is 1.00. The number of methoxy groups -OCH3 is 1. The number of aromatic amines is 1. The van der Waals surface area contributed by atoms with Gasteiger partial charge in [0.15, 0.2) is 11.6 Å². The highest BCUT2D eigenvalue weighted by atomic mass is 19.1. The molecule has 0 fully saturated rings. The highest BCUT2D eigenvalue weighted by molar-refractivity contribution is 5.33. The van der Waals surface area contributed by atoms with E-state index < -0.39 is 11.9 Å². The zero-order valence-electron chi connectivity index (χ0n) is 8.64. The fraction of sp³-hybridized carbons (Fsp3) is 0.200. The first-order valence-corrected chi connectivity index (χ1v) is 4.67. The monoisotopic (exact) mass is 222 g/mol. The summed E-state index contributed by atoms with van der Waals surface area (Å²) in [7, 11) is 1.41. The number of hydrogen-bond acceptors (Lipinski definition) is 4. The Bertz CT molecular complexity index is 472. The zero-order valence-corrected chi connectivity index (χ0v) is 8.64. The lowest BCUT2D eigenvalue weighted by Gasteiger charge is -2.10. The summed E-state index contributed by atoms with van der Waals surface area (Å²) in [5, 5.41) is 9.96. The van der Waals surface area contributed by atoms with Crippen molar-refractivity contribution in [3.8, 4) is 5.75 Å². The third-order valence-corrected chi connectivity index (χ3v) is 2.29. The number of H-pyrrole nitrogens is 1. The van der Waals surface area contributed by atoms with E-state index in [1.165, 1.54) is 25.4 Å². The third-order valence-electron chi connectivity index (χ3n) is 2.29. The Morgan fingerprint density at radius 2 is 2.31 bits per heavy atom. The molecule has 1 atom stereocenters. The summed E-state index contributed by atoms with van der Waals surface area (Å²) in [6, 6.07) is 4.06. The van der Waals surface area contributed by atoms with Crippen molar-refractivity contribution < 1.29 is 9.13 Å². The molecule has 3 N–H and O–H groups in total. The van der Waals surface area contributed by atoms with Crippen LogP contribution in [0.4, 0.5) is 4.39 Å². The Kier molecular flexibility index (Phi) is 2.82. The van der Waals surface area contributed by atoms with E-state index >= 15 is 0 Å². The van der Waals surface area contributed by atoms with Gasteiger partial charge >= 0.3 is 0 Å². The van der Waals surface area contributed by atoms with E-state index in [0.717, 1.165) is 0 Å². The molecule has 1 unspecified atom stereocenters. The highest BCUT2D eigenvalue weighted by Crippen LogP contribution is 2.23. The van der Waals surface area contributed by atoms with Gasteiger partial charge in [0, 0.05) is 0 Å². The smallest absolute Gasteiger partial charge is 0.165 e. The molecular formula is C10H11FN4O. The van der Waals surface area contributed by atoms with E-state index in [-0.39, 0.29) is 5.75 Å². The maximum absolute atomic E-state index is 13.4. The zero-order chi connectivity index (χ0) is 11.5. The molecule has 1 heterocycles. The molecular weight excluding hydrogens is 211 g/mol. The molecule has 0 aliphatic carbocycles. The van der Waals surface area contributed by atoms with Gasteiger partial charge < -0.3 is 10.5 Å². The third kappa shape index (κ3) is 1.87. The SMILES string of the molecule is COc1ccc(C(N)c2cn[nH]n2)cc1F. The van der Waals surface area contributed by atoms with Crippen molar-refractivity contribution in [1.82, 2.24) is 15.4 Å². The molecule has 0 aliphatic heterocycles. The lowest BCUT2D eigenvalue weighted by Crippen LogP contribution is -2.12. The number of nitrogens with one attached hydrogen (secondary N) is 1. The van der Waals surface area contributed by atoms with E-state index in [0.29, 0.717) is 11.3 Å². The second-order valence-corrected chi connectivity index (χ2v) is 3.27. The molecule has 0 radical (unpaired) electrons. The summed E-state index contributed by atoms with van der Waals surface area (Å²) in [6.07, 6.45) is 1.51. The van der Waals surface area contributed by atoms with Crippen molar-refractivity contribution in [2.45, 2.75) is 6.04 Å². The van der Waals surface area contributed by atoms with Crippen LogP contribution in [-0.2, 0) is 0 Å². The first kappa shape index (κ1) is 10.6. The quantitative estimate of drug-likeness (QED) is 0.812. The standard InChI is InChI=1S/C10H11FN4O/c1-16-9-3-2-6(4-7(9)11)10(12)8-5-13-15-14-8/h2-5,10H,12H2,1H3,(H,13,14,15). The van der Waals surface area contributed by atoms with E-state index in [1.807, 2.05) is 0 Å². The van der Waals surface area contributed by atoms with E-state index in [9.17, 15) is 4.39 Å². The van der Waals surface area contributed by atoms with E-state index in [2.05, 4.69) is 15.4 Å². The summed E-state index contributed by atoms with van der Waals surface area (Å²) < 4.78 is 18.2. The Labute approximate surface area is 91.4 Å². The van der Waals surface area contributed by atoms with Gasteiger partial charge in [0.25, 0.3) is 0 Å². The van der Waals surface area contributed by atoms with Gasteiger partial charge in [0.05, 0.1) is 19.3 Å². The first-order valence-electron chi connectivity index (χ1n) is 4.67. The van der Waals surface area contributed by atoms with Crippen LogP contribution in [0.15, 0.2) is 24.4 Å². The Morgan fingerprint density at radius 3 is 2.88 bits per heavy atom. The fourth-order valence-corrected chi connectivity index (χ4v) is 1.41. The fourth-order valence-electron chi connectivity index (χ4n) is 1.41. The van der Waals surface area contributed by atoms with Crippen LogP contribution in [0.3, 0.4) is 0 Å². The number of ether oxygens (including phenoxy) is 1. The van der Waals surface area contributed by atoms with Crippen molar-refractivity contribution in [2.24, 2.45) is 5.73 Å². The van der Waals surface area contributed by atoms with Gasteiger partial charge in [-0.25, -0.2) is 4.39 Å². The van der Waals surface area contributed by atoms with E-state index in [4.69, 9.17) is 10.5 Å². The van der Waals surface area contributed by atoms with E-state index in [1.54, 1.807) is 6.07 Å². The lowest BCUT2D eigenvalue weighted by molar-refractivity contribution is 0.386. The molecule has 0 saturated carbocycles. The molecule has 0 spiro atoms. The molecule has 16 heavy (non-hydrogen) atoms. The molecule has 2 rings (SSSR count). The lowest BCUT2D eigenvalue weighted by atomic mass is 10.1. The first-order chi connectivity index (χ1) is 7.72. The summed E-state index contributed by atoms with van der Waals surface area (Å²) in [5.74, 6) is -0.255. The second kappa shape index (κ2) is 4.28. The normalized spacial score (nSPS) is 12.4. The molecule has 0 saturated heterocycles. The molecule has 0 amide bonds. The number of rotatable bonds is 3. The molecule has 0 aliphatic rings. The van der Waals surface area contributed by atoms with Crippen molar-refractivity contribution in [3.63, 3.8) is 0 Å². The Morgan fingerprint density at radius 1 is 1.50 bits per heavy atom. The predicted molar refractivity (Wildman–Crippen MR) is 55.4 cm³/mol. The number of hydrogen-bond donors (Lipinski definition) is 2. The van der Waals surface area contributed by atoms with Crippen LogP contribution >= 0.6 is 0 Å². The number of benzene rings is 1. The van der Waals surface area contributed by atoms with Crippen LogP contribution in [-0.4, -0.2) is 22.5 Å². The minimum Gasteiger partial charge on any atom is -0.494 e. The van der Waals surface area contributed by atoms with Gasteiger partial charge in [-0.15, -0.1) is 0 Å². The van der Waals surface area contributed by atoms with Gasteiger partial charge in [0.2, 0.25) is 0 Å². The molecule has 1 aromatic carbocycles. The van der Waals surface area contributed by atoms with Crippen molar-refractivity contribution >= 4 is 0 Å². The summed E-state index contributed by atoms with van der Waals surface area (Å²) in [5.41, 5.74) is 7.07. The average molecular weight is 222 g/mol. The Balaban J connectivity index is 2.31. The van der Waals surface area contributed by atoms with Crippen LogP contribution in [0.25, 0.3) is 0 Å². The topological polar surface area (TPSA) is 76.8 Å². The van der Waals surface area contributed by atoms with Gasteiger partial charge in [-0.3, -0.25) is 0 Å². The summed E-state index contributed by atoms with van der Waals surface area (Å²) in [6.45, 7) is 0. The number of aromatic nitrogens is 3. The minimum absolute atomic E-state index is 0.191.